The van der Waals surface area contributed by atoms with Crippen molar-refractivity contribution in [3.63, 3.8) is 0 Å². The van der Waals surface area contributed by atoms with Gasteiger partial charge in [-0.25, -0.2) is 0 Å². The average molecular weight is 264 g/mol. The molecule has 1 aliphatic heterocycles. The Morgan fingerprint density at radius 3 is 3.00 bits per heavy atom. The van der Waals surface area contributed by atoms with E-state index in [1.165, 1.54) is 0 Å². The second-order valence-corrected chi connectivity index (χ2v) is 4.69. The molecule has 0 saturated carbocycles. The fourth-order valence-electron chi connectivity index (χ4n) is 2.44. The zero-order valence-electron chi connectivity index (χ0n) is 11.3. The molecule has 104 valence electrons. The summed E-state index contributed by atoms with van der Waals surface area (Å²) in [6.45, 7) is 3.32. The molecular weight excluding hydrogens is 244 g/mol. The van der Waals surface area contributed by atoms with Crippen LogP contribution in [0.4, 0.5) is 5.69 Å². The monoisotopic (exact) mass is 264 g/mol. The molecule has 1 aromatic rings. The highest BCUT2D eigenvalue weighted by molar-refractivity contribution is 5.87. The number of carbonyl (C=O) groups is 1. The first-order valence-electron chi connectivity index (χ1n) is 6.47. The smallest absolute Gasteiger partial charge is 0.242 e. The molecule has 5 heteroatoms. The largest absolute Gasteiger partial charge is 0.495 e. The minimum Gasteiger partial charge on any atom is -0.495 e. The number of aliphatic hydroxyl groups is 1. The number of hydrogen-bond donors (Lipinski definition) is 2. The van der Waals surface area contributed by atoms with Crippen LogP contribution in [0.15, 0.2) is 18.2 Å². The van der Waals surface area contributed by atoms with Crippen LogP contribution < -0.4 is 15.0 Å². The van der Waals surface area contributed by atoms with Gasteiger partial charge in [0.2, 0.25) is 5.91 Å². The van der Waals surface area contributed by atoms with Gasteiger partial charge in [0.05, 0.1) is 12.8 Å². The predicted octanol–water partition coefficient (Wildman–Crippen LogP) is 0.691. The molecule has 2 N–H and O–H groups in total. The summed E-state index contributed by atoms with van der Waals surface area (Å²) in [7, 11) is 1.62. The summed E-state index contributed by atoms with van der Waals surface area (Å²) in [5.74, 6) is 0.715. The SMILES string of the molecule is COc1ccc(C)cc1N1CCNC(=O)C1CCO. The molecule has 0 bridgehead atoms. The molecular formula is C14H20N2O3. The lowest BCUT2D eigenvalue weighted by Gasteiger charge is -2.37. The Balaban J connectivity index is 2.36. The van der Waals surface area contributed by atoms with Crippen LogP contribution in [0, 0.1) is 6.92 Å². The van der Waals surface area contributed by atoms with Crippen molar-refractivity contribution in [3.05, 3.63) is 23.8 Å². The van der Waals surface area contributed by atoms with E-state index in [1.54, 1.807) is 7.11 Å². The number of nitrogens with zero attached hydrogens (tertiary/aromatic N) is 1. The summed E-state index contributed by atoms with van der Waals surface area (Å²) in [6.07, 6.45) is 0.420. The minimum atomic E-state index is -0.338. The van der Waals surface area contributed by atoms with Gasteiger partial charge in [-0.15, -0.1) is 0 Å². The van der Waals surface area contributed by atoms with Gasteiger partial charge in [0.1, 0.15) is 11.8 Å². The third-order valence-electron chi connectivity index (χ3n) is 3.38. The lowest BCUT2D eigenvalue weighted by molar-refractivity contribution is -0.123. The number of rotatable bonds is 4. The summed E-state index contributed by atoms with van der Waals surface area (Å²) in [5, 5.41) is 12.0. The second kappa shape index (κ2) is 5.93. The molecule has 2 rings (SSSR count). The highest BCUT2D eigenvalue weighted by Crippen LogP contribution is 2.31. The second-order valence-electron chi connectivity index (χ2n) is 4.69. The first-order chi connectivity index (χ1) is 9.17. The Labute approximate surface area is 113 Å². The van der Waals surface area contributed by atoms with Gasteiger partial charge in [-0.2, -0.15) is 0 Å². The summed E-state index contributed by atoms with van der Waals surface area (Å²) in [5.41, 5.74) is 2.03. The van der Waals surface area contributed by atoms with Crippen LogP contribution in [0.3, 0.4) is 0 Å². The summed E-state index contributed by atoms with van der Waals surface area (Å²) >= 11 is 0. The van der Waals surface area contributed by atoms with Crippen molar-refractivity contribution in [2.24, 2.45) is 0 Å². The Morgan fingerprint density at radius 2 is 2.32 bits per heavy atom. The number of anilines is 1. The van der Waals surface area contributed by atoms with Crippen LogP contribution in [-0.4, -0.2) is 43.9 Å². The highest BCUT2D eigenvalue weighted by Gasteiger charge is 2.30. The third kappa shape index (κ3) is 2.81. The van der Waals surface area contributed by atoms with E-state index < -0.39 is 0 Å². The number of benzene rings is 1. The van der Waals surface area contributed by atoms with Crippen molar-refractivity contribution in [1.82, 2.24) is 5.32 Å². The molecule has 0 aliphatic carbocycles. The number of ether oxygens (including phenoxy) is 1. The normalized spacial score (nSPS) is 19.2. The zero-order valence-corrected chi connectivity index (χ0v) is 11.3. The van der Waals surface area contributed by atoms with E-state index >= 15 is 0 Å². The van der Waals surface area contributed by atoms with Crippen molar-refractivity contribution < 1.29 is 14.6 Å². The molecule has 1 aromatic carbocycles. The van der Waals surface area contributed by atoms with Crippen LogP contribution in [0.25, 0.3) is 0 Å². The Hall–Kier alpha value is -1.75. The molecule has 5 nitrogen and oxygen atoms in total. The predicted molar refractivity (Wildman–Crippen MR) is 73.6 cm³/mol. The number of nitrogens with one attached hydrogen (secondary N) is 1. The van der Waals surface area contributed by atoms with Gasteiger partial charge in [-0.3, -0.25) is 4.79 Å². The quantitative estimate of drug-likeness (QED) is 0.840. The van der Waals surface area contributed by atoms with Crippen molar-refractivity contribution in [3.8, 4) is 5.75 Å². The maximum Gasteiger partial charge on any atom is 0.242 e. The van der Waals surface area contributed by atoms with Crippen LogP contribution in [-0.2, 0) is 4.79 Å². The van der Waals surface area contributed by atoms with Crippen molar-refractivity contribution in [1.29, 1.82) is 0 Å². The van der Waals surface area contributed by atoms with Gasteiger partial charge in [-0.05, 0) is 31.0 Å². The molecule has 0 aromatic heterocycles. The van der Waals surface area contributed by atoms with Gasteiger partial charge in [0, 0.05) is 19.7 Å². The molecule has 0 spiro atoms. The Morgan fingerprint density at radius 1 is 1.53 bits per heavy atom. The molecule has 1 saturated heterocycles. The third-order valence-corrected chi connectivity index (χ3v) is 3.38. The van der Waals surface area contributed by atoms with Gasteiger partial charge in [-0.1, -0.05) is 6.07 Å². The fraction of sp³-hybridized carbons (Fsp3) is 0.500. The van der Waals surface area contributed by atoms with Crippen LogP contribution in [0.2, 0.25) is 0 Å². The molecule has 1 atom stereocenters. The molecule has 1 unspecified atom stereocenters. The zero-order chi connectivity index (χ0) is 13.8. The summed E-state index contributed by atoms with van der Waals surface area (Å²) in [4.78, 5) is 14.0. The topological polar surface area (TPSA) is 61.8 Å². The minimum absolute atomic E-state index is 0.0112. The van der Waals surface area contributed by atoms with E-state index in [9.17, 15) is 4.79 Å². The number of aryl methyl sites for hydroxylation is 1. The molecule has 1 fully saturated rings. The van der Waals surface area contributed by atoms with Crippen LogP contribution >= 0.6 is 0 Å². The van der Waals surface area contributed by atoms with E-state index in [0.29, 0.717) is 13.0 Å². The molecule has 1 heterocycles. The number of aliphatic hydroxyl groups excluding tert-OH is 1. The molecule has 0 radical (unpaired) electrons. The standard InChI is InChI=1S/C14H20N2O3/c1-10-3-4-13(19-2)12(9-10)16-7-6-15-14(18)11(16)5-8-17/h3-4,9,11,17H,5-8H2,1-2H3,(H,15,18). The number of piperazine rings is 1. The van der Waals surface area contributed by atoms with Gasteiger partial charge >= 0.3 is 0 Å². The summed E-state index contributed by atoms with van der Waals surface area (Å²) < 4.78 is 5.38. The molecule has 19 heavy (non-hydrogen) atoms. The first kappa shape index (κ1) is 13.7. The van der Waals surface area contributed by atoms with Crippen molar-refractivity contribution in [2.75, 3.05) is 31.7 Å². The first-order valence-corrected chi connectivity index (χ1v) is 6.47. The molecule has 1 aliphatic rings. The summed E-state index contributed by atoms with van der Waals surface area (Å²) in [6, 6.07) is 5.57. The number of amides is 1. The van der Waals surface area contributed by atoms with Crippen molar-refractivity contribution >= 4 is 11.6 Å². The Kier molecular flexibility index (Phi) is 4.27. The van der Waals surface area contributed by atoms with E-state index in [0.717, 1.165) is 23.5 Å². The van der Waals surface area contributed by atoms with Crippen molar-refractivity contribution in [2.45, 2.75) is 19.4 Å². The fourth-order valence-corrected chi connectivity index (χ4v) is 2.44. The van der Waals surface area contributed by atoms with E-state index in [2.05, 4.69) is 5.32 Å². The van der Waals surface area contributed by atoms with E-state index in [1.807, 2.05) is 30.0 Å². The highest BCUT2D eigenvalue weighted by atomic mass is 16.5. The van der Waals surface area contributed by atoms with Gasteiger partial charge in [0.25, 0.3) is 0 Å². The van der Waals surface area contributed by atoms with Gasteiger partial charge < -0.3 is 20.1 Å². The van der Waals surface area contributed by atoms with Crippen LogP contribution in [0.1, 0.15) is 12.0 Å². The van der Waals surface area contributed by atoms with E-state index in [-0.39, 0.29) is 18.6 Å². The number of hydrogen-bond acceptors (Lipinski definition) is 4. The lowest BCUT2D eigenvalue weighted by Crippen LogP contribution is -2.55. The van der Waals surface area contributed by atoms with Crippen LogP contribution in [0.5, 0.6) is 5.75 Å². The number of methoxy groups -OCH3 is 1. The maximum absolute atomic E-state index is 11.9. The lowest BCUT2D eigenvalue weighted by atomic mass is 10.1. The average Bonchev–Trinajstić information content (AvgIpc) is 2.41. The van der Waals surface area contributed by atoms with Gasteiger partial charge in [0.15, 0.2) is 0 Å². The maximum atomic E-state index is 11.9. The molecule has 1 amide bonds. The van der Waals surface area contributed by atoms with E-state index in [4.69, 9.17) is 9.84 Å². The Bertz CT molecular complexity index is 462. The number of carbonyl (C=O) groups excluding carboxylic acids is 1.